The second kappa shape index (κ2) is 5.21. The highest BCUT2D eigenvalue weighted by Gasteiger charge is 2.35. The quantitative estimate of drug-likeness (QED) is 0.753. The Morgan fingerprint density at radius 2 is 2.06 bits per heavy atom. The van der Waals surface area contributed by atoms with Crippen LogP contribution in [-0.4, -0.2) is 11.3 Å². The van der Waals surface area contributed by atoms with Crippen molar-refractivity contribution in [3.05, 3.63) is 29.6 Å². The van der Waals surface area contributed by atoms with Crippen LogP contribution in [0.3, 0.4) is 0 Å². The Balaban J connectivity index is 2.20. The molecule has 0 aliphatic heterocycles. The Kier molecular flexibility index (Phi) is 3.84. The van der Waals surface area contributed by atoms with E-state index in [4.69, 9.17) is 0 Å². The van der Waals surface area contributed by atoms with Crippen molar-refractivity contribution in [1.82, 2.24) is 4.98 Å². The Hall–Kier alpha value is -1.18. The fourth-order valence-electron chi connectivity index (χ4n) is 3.20. The van der Waals surface area contributed by atoms with Crippen LogP contribution in [0.5, 0.6) is 0 Å². The van der Waals surface area contributed by atoms with Crippen molar-refractivity contribution in [2.75, 3.05) is 0 Å². The minimum Gasteiger partial charge on any atom is -0.298 e. The molecule has 1 heterocycles. The summed E-state index contributed by atoms with van der Waals surface area (Å²) in [5.41, 5.74) is 1.85. The van der Waals surface area contributed by atoms with Gasteiger partial charge in [0.15, 0.2) is 6.29 Å². The average Bonchev–Trinajstić information content (AvgIpc) is 2.39. The molecule has 2 nitrogen and oxygen atoms in total. The van der Waals surface area contributed by atoms with E-state index in [9.17, 15) is 4.79 Å². The van der Waals surface area contributed by atoms with Gasteiger partial charge in [0, 0.05) is 17.2 Å². The van der Waals surface area contributed by atoms with Crippen LogP contribution in [0.15, 0.2) is 18.3 Å². The summed E-state index contributed by atoms with van der Waals surface area (Å²) in [7, 11) is 0. The van der Waals surface area contributed by atoms with E-state index in [1.807, 2.05) is 18.3 Å². The molecule has 18 heavy (non-hydrogen) atoms. The molecule has 1 aromatic heterocycles. The van der Waals surface area contributed by atoms with E-state index < -0.39 is 0 Å². The van der Waals surface area contributed by atoms with Crippen LogP contribution in [0.25, 0.3) is 0 Å². The molecule has 0 spiro atoms. The second-order valence-electron chi connectivity index (χ2n) is 6.20. The number of rotatable bonds is 3. The van der Waals surface area contributed by atoms with Gasteiger partial charge in [0.05, 0.1) is 5.69 Å². The summed E-state index contributed by atoms with van der Waals surface area (Å²) < 4.78 is 0. The van der Waals surface area contributed by atoms with Crippen LogP contribution in [0, 0.1) is 11.8 Å². The summed E-state index contributed by atoms with van der Waals surface area (Å²) in [6, 6.07) is 3.73. The van der Waals surface area contributed by atoms with Crippen molar-refractivity contribution in [2.45, 2.75) is 51.9 Å². The van der Waals surface area contributed by atoms with Gasteiger partial charge in [-0.3, -0.25) is 9.78 Å². The predicted octanol–water partition coefficient (Wildman–Crippen LogP) is 4.00. The van der Waals surface area contributed by atoms with Gasteiger partial charge in [-0.05, 0) is 49.7 Å². The van der Waals surface area contributed by atoms with Gasteiger partial charge in [-0.1, -0.05) is 20.8 Å². The molecule has 0 saturated heterocycles. The van der Waals surface area contributed by atoms with E-state index in [0.717, 1.165) is 42.2 Å². The predicted molar refractivity (Wildman–Crippen MR) is 73.8 cm³/mol. The Morgan fingerprint density at radius 3 is 2.61 bits per heavy atom. The van der Waals surface area contributed by atoms with Crippen molar-refractivity contribution in [2.24, 2.45) is 11.8 Å². The molecule has 0 atom stereocenters. The molecule has 1 fully saturated rings. The molecule has 98 valence electrons. The number of aromatic nitrogens is 1. The molecule has 1 aliphatic carbocycles. The Morgan fingerprint density at radius 1 is 1.39 bits per heavy atom. The number of carbonyl (C=O) groups is 1. The number of carbonyl (C=O) groups excluding carboxylic acids is 1. The number of nitrogens with zero attached hydrogens (tertiary/aromatic N) is 1. The van der Waals surface area contributed by atoms with Crippen LogP contribution in [-0.2, 0) is 5.41 Å². The topological polar surface area (TPSA) is 30.0 Å². The zero-order chi connectivity index (χ0) is 13.2. The van der Waals surface area contributed by atoms with Crippen molar-refractivity contribution >= 4 is 6.29 Å². The van der Waals surface area contributed by atoms with Crippen LogP contribution >= 0.6 is 0 Å². The minimum absolute atomic E-state index is 0.0862. The highest BCUT2D eigenvalue weighted by Crippen LogP contribution is 2.43. The van der Waals surface area contributed by atoms with Gasteiger partial charge in [-0.15, -0.1) is 0 Å². The van der Waals surface area contributed by atoms with E-state index in [0.29, 0.717) is 0 Å². The maximum Gasteiger partial charge on any atom is 0.151 e. The van der Waals surface area contributed by atoms with E-state index in [1.54, 1.807) is 0 Å². The standard InChI is InChI=1S/C16H23NO/c1-12(2)13-6-8-16(3,9-7-13)15-14(11-18)5-4-10-17-15/h4-5,10-13H,6-9H2,1-3H3. The van der Waals surface area contributed by atoms with Crippen LogP contribution in [0.4, 0.5) is 0 Å². The van der Waals surface area contributed by atoms with Gasteiger partial charge < -0.3 is 0 Å². The molecule has 0 N–H and O–H groups in total. The monoisotopic (exact) mass is 245 g/mol. The highest BCUT2D eigenvalue weighted by atomic mass is 16.1. The third-order valence-corrected chi connectivity index (χ3v) is 4.61. The molecule has 0 radical (unpaired) electrons. The smallest absolute Gasteiger partial charge is 0.151 e. The molecular formula is C16H23NO. The molecule has 0 unspecified atom stereocenters. The lowest BCUT2D eigenvalue weighted by Crippen LogP contribution is -2.32. The van der Waals surface area contributed by atoms with Crippen molar-refractivity contribution in [1.29, 1.82) is 0 Å². The number of pyridine rings is 1. The normalized spacial score (nSPS) is 28.3. The summed E-state index contributed by atoms with van der Waals surface area (Å²) in [6.07, 6.45) is 7.55. The van der Waals surface area contributed by atoms with E-state index in [2.05, 4.69) is 25.8 Å². The molecule has 1 aliphatic rings. The molecule has 1 aromatic rings. The van der Waals surface area contributed by atoms with Gasteiger partial charge in [0.2, 0.25) is 0 Å². The van der Waals surface area contributed by atoms with Crippen molar-refractivity contribution in [3.8, 4) is 0 Å². The first-order chi connectivity index (χ1) is 8.57. The SMILES string of the molecule is CC(C)C1CCC(C)(c2ncccc2C=O)CC1. The van der Waals surface area contributed by atoms with Gasteiger partial charge in [-0.25, -0.2) is 0 Å². The third-order valence-electron chi connectivity index (χ3n) is 4.61. The fourth-order valence-corrected chi connectivity index (χ4v) is 3.20. The summed E-state index contributed by atoms with van der Waals surface area (Å²) in [4.78, 5) is 15.6. The first-order valence-electron chi connectivity index (χ1n) is 6.97. The molecular weight excluding hydrogens is 222 g/mol. The molecule has 0 bridgehead atoms. The van der Waals surface area contributed by atoms with Crippen LogP contribution < -0.4 is 0 Å². The van der Waals surface area contributed by atoms with Crippen molar-refractivity contribution < 1.29 is 4.79 Å². The lowest BCUT2D eigenvalue weighted by molar-refractivity contribution is 0.111. The molecule has 0 aromatic carbocycles. The number of aldehydes is 1. The summed E-state index contributed by atoms with van der Waals surface area (Å²) in [6.45, 7) is 6.88. The Labute approximate surface area is 110 Å². The zero-order valence-corrected chi connectivity index (χ0v) is 11.6. The summed E-state index contributed by atoms with van der Waals surface area (Å²) in [5.74, 6) is 1.60. The van der Waals surface area contributed by atoms with Gasteiger partial charge in [0.1, 0.15) is 0 Å². The van der Waals surface area contributed by atoms with Crippen molar-refractivity contribution in [3.63, 3.8) is 0 Å². The summed E-state index contributed by atoms with van der Waals surface area (Å²) >= 11 is 0. The highest BCUT2D eigenvalue weighted by molar-refractivity contribution is 5.76. The largest absolute Gasteiger partial charge is 0.298 e. The molecule has 2 heteroatoms. The van der Waals surface area contributed by atoms with Gasteiger partial charge >= 0.3 is 0 Å². The second-order valence-corrected chi connectivity index (χ2v) is 6.20. The lowest BCUT2D eigenvalue weighted by Gasteiger charge is -2.38. The fraction of sp³-hybridized carbons (Fsp3) is 0.625. The third kappa shape index (κ3) is 2.47. The zero-order valence-electron chi connectivity index (χ0n) is 11.6. The molecule has 2 rings (SSSR count). The number of hydrogen-bond donors (Lipinski definition) is 0. The molecule has 1 saturated carbocycles. The maximum absolute atomic E-state index is 11.1. The van der Waals surface area contributed by atoms with E-state index >= 15 is 0 Å². The number of hydrogen-bond acceptors (Lipinski definition) is 2. The van der Waals surface area contributed by atoms with Gasteiger partial charge in [0.25, 0.3) is 0 Å². The Bertz CT molecular complexity index is 417. The van der Waals surface area contributed by atoms with Gasteiger partial charge in [-0.2, -0.15) is 0 Å². The van der Waals surface area contributed by atoms with E-state index in [-0.39, 0.29) is 5.41 Å². The minimum atomic E-state index is 0.0862. The first-order valence-corrected chi connectivity index (χ1v) is 6.97. The average molecular weight is 245 g/mol. The van der Waals surface area contributed by atoms with E-state index in [1.165, 1.54) is 12.8 Å². The molecule has 0 amide bonds. The van der Waals surface area contributed by atoms with Crippen LogP contribution in [0.1, 0.15) is 62.5 Å². The first kappa shape index (κ1) is 13.3. The summed E-state index contributed by atoms with van der Waals surface area (Å²) in [5, 5.41) is 0. The lowest BCUT2D eigenvalue weighted by atomic mass is 9.67. The maximum atomic E-state index is 11.1. The van der Waals surface area contributed by atoms with Crippen LogP contribution in [0.2, 0.25) is 0 Å².